The zero-order valence-electron chi connectivity index (χ0n) is 10.7. The first-order chi connectivity index (χ1) is 7.99. The number of nitrogens with one attached hydrogen (secondary N) is 2. The summed E-state index contributed by atoms with van der Waals surface area (Å²) in [6, 6.07) is 3.64. The van der Waals surface area contributed by atoms with Crippen LogP contribution in [0.15, 0.2) is 18.3 Å². The van der Waals surface area contributed by atoms with Crippen LogP contribution in [-0.4, -0.2) is 30.6 Å². The monoisotopic (exact) mass is 237 g/mol. The molecule has 1 heterocycles. The number of carbonyl (C=O) groups excluding carboxylic acids is 1. The van der Waals surface area contributed by atoms with Crippen molar-refractivity contribution in [2.24, 2.45) is 0 Å². The Morgan fingerprint density at radius 3 is 2.82 bits per heavy atom. The number of aromatic nitrogens is 1. The van der Waals surface area contributed by atoms with Gasteiger partial charge >= 0.3 is 0 Å². The van der Waals surface area contributed by atoms with E-state index in [0.717, 1.165) is 5.56 Å². The van der Waals surface area contributed by atoms with Gasteiger partial charge in [-0.2, -0.15) is 0 Å². The van der Waals surface area contributed by atoms with Crippen molar-refractivity contribution >= 4 is 5.91 Å². The SMILES string of the molecule is CNC(C)(C)C(=O)NCc1ccnc(OC)c1. The van der Waals surface area contributed by atoms with Gasteiger partial charge < -0.3 is 15.4 Å². The van der Waals surface area contributed by atoms with Crippen molar-refractivity contribution in [3.05, 3.63) is 23.9 Å². The van der Waals surface area contributed by atoms with E-state index in [1.54, 1.807) is 26.4 Å². The van der Waals surface area contributed by atoms with Gasteiger partial charge in [-0.15, -0.1) is 0 Å². The van der Waals surface area contributed by atoms with Gasteiger partial charge in [-0.05, 0) is 32.5 Å². The number of pyridine rings is 1. The minimum Gasteiger partial charge on any atom is -0.481 e. The number of rotatable bonds is 5. The van der Waals surface area contributed by atoms with Crippen LogP contribution in [0.5, 0.6) is 5.88 Å². The molecule has 0 fully saturated rings. The smallest absolute Gasteiger partial charge is 0.239 e. The van der Waals surface area contributed by atoms with Crippen LogP contribution in [0.4, 0.5) is 0 Å². The summed E-state index contributed by atoms with van der Waals surface area (Å²) in [4.78, 5) is 15.8. The molecule has 1 rings (SSSR count). The summed E-state index contributed by atoms with van der Waals surface area (Å²) in [6.07, 6.45) is 1.66. The van der Waals surface area contributed by atoms with Crippen LogP contribution in [0.3, 0.4) is 0 Å². The molecule has 0 saturated heterocycles. The van der Waals surface area contributed by atoms with E-state index in [9.17, 15) is 4.79 Å². The predicted molar refractivity (Wildman–Crippen MR) is 65.8 cm³/mol. The summed E-state index contributed by atoms with van der Waals surface area (Å²) in [7, 11) is 3.32. The van der Waals surface area contributed by atoms with Gasteiger partial charge in [0.15, 0.2) is 0 Å². The van der Waals surface area contributed by atoms with Crippen LogP contribution < -0.4 is 15.4 Å². The molecule has 5 nitrogen and oxygen atoms in total. The molecule has 0 atom stereocenters. The molecule has 5 heteroatoms. The summed E-state index contributed by atoms with van der Waals surface area (Å²) in [6.45, 7) is 4.12. The lowest BCUT2D eigenvalue weighted by atomic mass is 10.1. The van der Waals surface area contributed by atoms with Gasteiger partial charge in [0.05, 0.1) is 12.6 Å². The highest BCUT2D eigenvalue weighted by Crippen LogP contribution is 2.08. The third kappa shape index (κ3) is 3.71. The predicted octanol–water partition coefficient (Wildman–Crippen LogP) is 0.704. The fourth-order valence-corrected chi connectivity index (χ4v) is 1.19. The lowest BCUT2D eigenvalue weighted by Crippen LogP contribution is -2.50. The van der Waals surface area contributed by atoms with E-state index in [0.29, 0.717) is 12.4 Å². The summed E-state index contributed by atoms with van der Waals surface area (Å²) in [5, 5.41) is 5.81. The molecule has 1 aromatic heterocycles. The molecule has 0 unspecified atom stereocenters. The Balaban J connectivity index is 2.58. The van der Waals surface area contributed by atoms with Gasteiger partial charge in [-0.25, -0.2) is 4.98 Å². The minimum atomic E-state index is -0.572. The van der Waals surface area contributed by atoms with E-state index in [1.807, 2.05) is 19.9 Å². The fourth-order valence-electron chi connectivity index (χ4n) is 1.19. The molecule has 2 N–H and O–H groups in total. The van der Waals surface area contributed by atoms with Gasteiger partial charge in [0.1, 0.15) is 0 Å². The number of carbonyl (C=O) groups is 1. The van der Waals surface area contributed by atoms with Crippen molar-refractivity contribution < 1.29 is 9.53 Å². The third-order valence-corrected chi connectivity index (χ3v) is 2.65. The molecule has 0 aliphatic rings. The molecule has 1 amide bonds. The maximum atomic E-state index is 11.8. The molecule has 0 saturated carbocycles. The molecule has 0 bridgehead atoms. The summed E-state index contributed by atoms with van der Waals surface area (Å²) in [5.41, 5.74) is 0.383. The molecular formula is C12H19N3O2. The van der Waals surface area contributed by atoms with Gasteiger partial charge in [0.2, 0.25) is 11.8 Å². The van der Waals surface area contributed by atoms with Crippen LogP contribution in [0.2, 0.25) is 0 Å². The molecule has 0 radical (unpaired) electrons. The highest BCUT2D eigenvalue weighted by molar-refractivity contribution is 5.85. The Kier molecular flexibility index (Phi) is 4.45. The highest BCUT2D eigenvalue weighted by atomic mass is 16.5. The van der Waals surface area contributed by atoms with Crippen molar-refractivity contribution in [3.63, 3.8) is 0 Å². The third-order valence-electron chi connectivity index (χ3n) is 2.65. The summed E-state index contributed by atoms with van der Waals surface area (Å²) < 4.78 is 5.01. The Bertz CT molecular complexity index is 391. The second kappa shape index (κ2) is 5.63. The van der Waals surface area contributed by atoms with E-state index in [1.165, 1.54) is 0 Å². The van der Waals surface area contributed by atoms with Gasteiger partial charge in [-0.1, -0.05) is 0 Å². The van der Waals surface area contributed by atoms with E-state index in [4.69, 9.17) is 4.74 Å². The zero-order chi connectivity index (χ0) is 12.9. The molecule has 0 aromatic carbocycles. The number of amides is 1. The average Bonchev–Trinajstić information content (AvgIpc) is 2.36. The van der Waals surface area contributed by atoms with Crippen LogP contribution >= 0.6 is 0 Å². The fraction of sp³-hybridized carbons (Fsp3) is 0.500. The van der Waals surface area contributed by atoms with Crippen molar-refractivity contribution in [3.8, 4) is 5.88 Å². The normalized spacial score (nSPS) is 11.1. The first-order valence-corrected chi connectivity index (χ1v) is 5.45. The first-order valence-electron chi connectivity index (χ1n) is 5.45. The topological polar surface area (TPSA) is 63.2 Å². The van der Waals surface area contributed by atoms with Gasteiger partial charge in [-0.3, -0.25) is 4.79 Å². The lowest BCUT2D eigenvalue weighted by molar-refractivity contribution is -0.126. The van der Waals surface area contributed by atoms with Crippen LogP contribution in [0.1, 0.15) is 19.4 Å². The maximum Gasteiger partial charge on any atom is 0.239 e. The van der Waals surface area contributed by atoms with Crippen molar-refractivity contribution in [1.82, 2.24) is 15.6 Å². The van der Waals surface area contributed by atoms with E-state index in [2.05, 4.69) is 15.6 Å². The van der Waals surface area contributed by atoms with Crippen molar-refractivity contribution in [1.29, 1.82) is 0 Å². The maximum absolute atomic E-state index is 11.8. The molecule has 0 aliphatic heterocycles. The number of methoxy groups -OCH3 is 1. The molecule has 94 valence electrons. The van der Waals surface area contributed by atoms with E-state index < -0.39 is 5.54 Å². The molecule has 17 heavy (non-hydrogen) atoms. The van der Waals surface area contributed by atoms with E-state index in [-0.39, 0.29) is 5.91 Å². The number of nitrogens with zero attached hydrogens (tertiary/aromatic N) is 1. The second-order valence-corrected chi connectivity index (χ2v) is 4.26. The van der Waals surface area contributed by atoms with E-state index >= 15 is 0 Å². The number of hydrogen-bond acceptors (Lipinski definition) is 4. The Morgan fingerprint density at radius 1 is 1.53 bits per heavy atom. The quantitative estimate of drug-likeness (QED) is 0.791. The van der Waals surface area contributed by atoms with Crippen LogP contribution in [0.25, 0.3) is 0 Å². The Morgan fingerprint density at radius 2 is 2.24 bits per heavy atom. The summed E-state index contributed by atoms with van der Waals surface area (Å²) in [5.74, 6) is 0.500. The van der Waals surface area contributed by atoms with Gasteiger partial charge in [0.25, 0.3) is 0 Å². The second-order valence-electron chi connectivity index (χ2n) is 4.26. The molecular weight excluding hydrogens is 218 g/mol. The highest BCUT2D eigenvalue weighted by Gasteiger charge is 2.24. The zero-order valence-corrected chi connectivity index (χ0v) is 10.7. The van der Waals surface area contributed by atoms with Gasteiger partial charge in [0, 0.05) is 18.8 Å². The first kappa shape index (κ1) is 13.4. The number of ether oxygens (including phenoxy) is 1. The van der Waals surface area contributed by atoms with Crippen LogP contribution in [-0.2, 0) is 11.3 Å². The minimum absolute atomic E-state index is 0.0456. The molecule has 1 aromatic rings. The number of likely N-dealkylation sites (N-methyl/N-ethyl adjacent to an activating group) is 1. The molecule has 0 aliphatic carbocycles. The lowest BCUT2D eigenvalue weighted by Gasteiger charge is -2.22. The Hall–Kier alpha value is -1.62. The average molecular weight is 237 g/mol. The van der Waals surface area contributed by atoms with Crippen molar-refractivity contribution in [2.45, 2.75) is 25.9 Å². The van der Waals surface area contributed by atoms with Crippen molar-refractivity contribution in [2.75, 3.05) is 14.2 Å². The Labute approximate surface area is 102 Å². The standard InChI is InChI=1S/C12H19N3O2/c1-12(2,13-3)11(16)15-8-9-5-6-14-10(7-9)17-4/h5-7,13H,8H2,1-4H3,(H,15,16). The molecule has 0 spiro atoms. The summed E-state index contributed by atoms with van der Waals surface area (Å²) >= 11 is 0. The van der Waals surface area contributed by atoms with Crippen LogP contribution in [0, 0.1) is 0 Å². The largest absolute Gasteiger partial charge is 0.481 e. The number of hydrogen-bond donors (Lipinski definition) is 2.